The molecule has 0 spiro atoms. The smallest absolute Gasteiger partial charge is 0.305 e. The van der Waals surface area contributed by atoms with Gasteiger partial charge in [0.1, 0.15) is 0 Å². The lowest BCUT2D eigenvalue weighted by Crippen LogP contribution is -2.44. The van der Waals surface area contributed by atoms with Crippen molar-refractivity contribution in [2.24, 2.45) is 11.8 Å². The Morgan fingerprint density at radius 2 is 1.75 bits per heavy atom. The van der Waals surface area contributed by atoms with Crippen molar-refractivity contribution in [2.75, 3.05) is 33.3 Å². The van der Waals surface area contributed by atoms with Gasteiger partial charge in [0.15, 0.2) is 0 Å². The van der Waals surface area contributed by atoms with Gasteiger partial charge in [-0.2, -0.15) is 0 Å². The maximum Gasteiger partial charge on any atom is 0.305 e. The summed E-state index contributed by atoms with van der Waals surface area (Å²) in [7, 11) is 1.43. The van der Waals surface area contributed by atoms with Gasteiger partial charge in [0.2, 0.25) is 5.91 Å². The van der Waals surface area contributed by atoms with Crippen LogP contribution in [0.2, 0.25) is 0 Å². The molecule has 0 bridgehead atoms. The van der Waals surface area contributed by atoms with Gasteiger partial charge in [0.05, 0.1) is 7.11 Å². The van der Waals surface area contributed by atoms with Gasteiger partial charge in [-0.3, -0.25) is 9.59 Å². The monoisotopic (exact) mass is 304 g/mol. The van der Waals surface area contributed by atoms with E-state index in [1.54, 1.807) is 0 Å². The number of rotatable bonds is 3. The fourth-order valence-corrected chi connectivity index (χ4v) is 3.00. The molecule has 1 amide bonds. The van der Waals surface area contributed by atoms with Gasteiger partial charge in [-0.25, -0.2) is 0 Å². The molecular weight excluding hydrogens is 280 g/mol. The first-order valence-corrected chi connectivity index (χ1v) is 7.27. The van der Waals surface area contributed by atoms with E-state index in [0.717, 1.165) is 51.9 Å². The van der Waals surface area contributed by atoms with Gasteiger partial charge in [-0.05, 0) is 44.7 Å². The number of carbonyl (C=O) groups is 2. The molecule has 2 fully saturated rings. The Hall–Kier alpha value is -0.810. The zero-order chi connectivity index (χ0) is 13.7. The zero-order valence-electron chi connectivity index (χ0n) is 12.1. The van der Waals surface area contributed by atoms with Crippen LogP contribution in [0.3, 0.4) is 0 Å². The summed E-state index contributed by atoms with van der Waals surface area (Å²) in [6, 6.07) is 0. The number of likely N-dealkylation sites (tertiary alicyclic amines) is 1. The first-order valence-electron chi connectivity index (χ1n) is 7.27. The van der Waals surface area contributed by atoms with E-state index in [2.05, 4.69) is 5.32 Å². The minimum absolute atomic E-state index is 0. The van der Waals surface area contributed by atoms with Gasteiger partial charge in [0.25, 0.3) is 0 Å². The Labute approximate surface area is 126 Å². The van der Waals surface area contributed by atoms with Crippen LogP contribution in [0.25, 0.3) is 0 Å². The van der Waals surface area contributed by atoms with Crippen molar-refractivity contribution in [3.8, 4) is 0 Å². The van der Waals surface area contributed by atoms with E-state index in [0.29, 0.717) is 18.2 Å². The predicted molar refractivity (Wildman–Crippen MR) is 78.8 cm³/mol. The summed E-state index contributed by atoms with van der Waals surface area (Å²) in [5.74, 6) is 0.768. The van der Waals surface area contributed by atoms with Crippen LogP contribution < -0.4 is 5.32 Å². The summed E-state index contributed by atoms with van der Waals surface area (Å²) in [6.07, 6.45) is 4.26. The van der Waals surface area contributed by atoms with E-state index in [-0.39, 0.29) is 24.3 Å². The molecule has 0 saturated carbocycles. The van der Waals surface area contributed by atoms with E-state index in [9.17, 15) is 9.59 Å². The highest BCUT2D eigenvalue weighted by Crippen LogP contribution is 2.24. The third kappa shape index (κ3) is 4.63. The summed E-state index contributed by atoms with van der Waals surface area (Å²) >= 11 is 0. The number of hydrogen-bond acceptors (Lipinski definition) is 4. The van der Waals surface area contributed by atoms with Crippen LogP contribution in [0, 0.1) is 11.8 Å². The Morgan fingerprint density at radius 3 is 2.30 bits per heavy atom. The van der Waals surface area contributed by atoms with Crippen LogP contribution in [0.1, 0.15) is 32.1 Å². The molecular formula is C14H25ClN2O3. The Bertz CT molecular complexity index is 324. The molecule has 0 aliphatic carbocycles. The summed E-state index contributed by atoms with van der Waals surface area (Å²) in [5, 5.41) is 3.29. The van der Waals surface area contributed by atoms with Crippen LogP contribution in [-0.2, 0) is 14.3 Å². The molecule has 1 N–H and O–H groups in total. The zero-order valence-corrected chi connectivity index (χ0v) is 12.9. The lowest BCUT2D eigenvalue weighted by Gasteiger charge is -2.35. The number of amides is 1. The number of esters is 1. The highest BCUT2D eigenvalue weighted by Gasteiger charge is 2.29. The van der Waals surface area contributed by atoms with E-state index in [1.807, 2.05) is 4.90 Å². The third-order valence-electron chi connectivity index (χ3n) is 4.30. The molecule has 2 saturated heterocycles. The van der Waals surface area contributed by atoms with Crippen LogP contribution in [0.15, 0.2) is 0 Å². The second-order valence-corrected chi connectivity index (χ2v) is 5.57. The maximum atomic E-state index is 12.3. The van der Waals surface area contributed by atoms with Gasteiger partial charge >= 0.3 is 5.97 Å². The summed E-state index contributed by atoms with van der Waals surface area (Å²) < 4.78 is 4.70. The van der Waals surface area contributed by atoms with Crippen molar-refractivity contribution in [3.05, 3.63) is 0 Å². The van der Waals surface area contributed by atoms with E-state index in [1.165, 1.54) is 7.11 Å². The quantitative estimate of drug-likeness (QED) is 0.796. The van der Waals surface area contributed by atoms with Gasteiger partial charge < -0.3 is 15.0 Å². The topological polar surface area (TPSA) is 58.6 Å². The average Bonchev–Trinajstić information content (AvgIpc) is 2.48. The Balaban J connectivity index is 0.00000200. The molecule has 6 heteroatoms. The number of ether oxygens (including phenoxy) is 1. The van der Waals surface area contributed by atoms with Crippen LogP contribution >= 0.6 is 12.4 Å². The van der Waals surface area contributed by atoms with E-state index < -0.39 is 0 Å². The highest BCUT2D eigenvalue weighted by atomic mass is 35.5. The number of carbonyl (C=O) groups excluding carboxylic acids is 2. The lowest BCUT2D eigenvalue weighted by atomic mass is 9.91. The molecule has 2 aliphatic heterocycles. The molecule has 5 nitrogen and oxygen atoms in total. The number of methoxy groups -OCH3 is 1. The van der Waals surface area contributed by atoms with E-state index >= 15 is 0 Å². The minimum atomic E-state index is -0.136. The number of halogens is 1. The SMILES string of the molecule is COC(=O)CC1CCN(C(=O)C2CCNCC2)CC1.Cl. The fourth-order valence-electron chi connectivity index (χ4n) is 3.00. The second kappa shape index (κ2) is 8.47. The summed E-state index contributed by atoms with van der Waals surface area (Å²) in [6.45, 7) is 3.50. The Morgan fingerprint density at radius 1 is 1.15 bits per heavy atom. The van der Waals surface area contributed by atoms with Crippen LogP contribution in [-0.4, -0.2) is 50.1 Å². The van der Waals surface area contributed by atoms with Crippen LogP contribution in [0.4, 0.5) is 0 Å². The maximum absolute atomic E-state index is 12.3. The van der Waals surface area contributed by atoms with E-state index in [4.69, 9.17) is 4.74 Å². The second-order valence-electron chi connectivity index (χ2n) is 5.57. The van der Waals surface area contributed by atoms with Crippen molar-refractivity contribution in [2.45, 2.75) is 32.1 Å². The molecule has 0 radical (unpaired) electrons. The average molecular weight is 305 g/mol. The molecule has 20 heavy (non-hydrogen) atoms. The summed E-state index contributed by atoms with van der Waals surface area (Å²) in [4.78, 5) is 25.6. The molecule has 2 heterocycles. The number of nitrogens with one attached hydrogen (secondary N) is 1. The fraction of sp³-hybridized carbons (Fsp3) is 0.857. The molecule has 0 aromatic rings. The summed E-state index contributed by atoms with van der Waals surface area (Å²) in [5.41, 5.74) is 0. The number of nitrogens with zero attached hydrogens (tertiary/aromatic N) is 1. The predicted octanol–water partition coefficient (Wildman–Crippen LogP) is 1.21. The normalized spacial score (nSPS) is 21.1. The van der Waals surface area contributed by atoms with Crippen molar-refractivity contribution in [1.82, 2.24) is 10.2 Å². The van der Waals surface area contributed by atoms with Crippen molar-refractivity contribution < 1.29 is 14.3 Å². The molecule has 0 aromatic carbocycles. The largest absolute Gasteiger partial charge is 0.469 e. The van der Waals surface area contributed by atoms with Crippen molar-refractivity contribution in [1.29, 1.82) is 0 Å². The first-order chi connectivity index (χ1) is 9.20. The third-order valence-corrected chi connectivity index (χ3v) is 4.30. The lowest BCUT2D eigenvalue weighted by molar-refractivity contribution is -0.142. The van der Waals surface area contributed by atoms with Crippen molar-refractivity contribution in [3.63, 3.8) is 0 Å². The standard InChI is InChI=1S/C14H24N2O3.ClH/c1-19-13(17)10-11-4-8-16(9-5-11)14(18)12-2-6-15-7-3-12;/h11-12,15H,2-10H2,1H3;1H. The first kappa shape index (κ1) is 17.2. The minimum Gasteiger partial charge on any atom is -0.469 e. The molecule has 2 rings (SSSR count). The molecule has 2 aliphatic rings. The van der Waals surface area contributed by atoms with Gasteiger partial charge in [0, 0.05) is 25.4 Å². The molecule has 0 unspecified atom stereocenters. The highest BCUT2D eigenvalue weighted by molar-refractivity contribution is 5.85. The van der Waals surface area contributed by atoms with Gasteiger partial charge in [-0.15, -0.1) is 12.4 Å². The van der Waals surface area contributed by atoms with Crippen LogP contribution in [0.5, 0.6) is 0 Å². The molecule has 0 atom stereocenters. The van der Waals surface area contributed by atoms with Crippen molar-refractivity contribution >= 4 is 24.3 Å². The van der Waals surface area contributed by atoms with Gasteiger partial charge in [-0.1, -0.05) is 0 Å². The molecule has 0 aromatic heterocycles. The Kier molecular flexibility index (Phi) is 7.30. The number of hydrogen-bond donors (Lipinski definition) is 1. The number of piperidine rings is 2. The molecule has 116 valence electrons.